The minimum absolute atomic E-state index is 0.573. The second-order valence-corrected chi connectivity index (χ2v) is 5.21. The van der Waals surface area contributed by atoms with Crippen molar-refractivity contribution < 1.29 is 0 Å². The Morgan fingerprint density at radius 3 is 2.94 bits per heavy atom. The highest BCUT2D eigenvalue weighted by atomic mass is 32.2. The van der Waals surface area contributed by atoms with Gasteiger partial charge in [0.1, 0.15) is 0 Å². The van der Waals surface area contributed by atoms with Crippen molar-refractivity contribution in [3.63, 3.8) is 0 Å². The molecule has 5 nitrogen and oxygen atoms in total. The Morgan fingerprint density at radius 1 is 1.29 bits per heavy atom. The van der Waals surface area contributed by atoms with E-state index in [1.54, 1.807) is 16.4 Å². The average molecular weight is 247 g/mol. The third-order valence-corrected chi connectivity index (χ3v) is 3.93. The molecule has 1 N–H and O–H groups in total. The van der Waals surface area contributed by atoms with Gasteiger partial charge in [-0.25, -0.2) is 0 Å². The van der Waals surface area contributed by atoms with Gasteiger partial charge in [-0.05, 0) is 35.5 Å². The first-order valence-electron chi connectivity index (χ1n) is 5.64. The van der Waals surface area contributed by atoms with Gasteiger partial charge in [-0.3, -0.25) is 0 Å². The molecular weight excluding hydrogens is 234 g/mol. The lowest BCUT2D eigenvalue weighted by Gasteiger charge is -2.07. The largest absolute Gasteiger partial charge is 0.316 e. The van der Waals surface area contributed by atoms with E-state index in [9.17, 15) is 0 Å². The van der Waals surface area contributed by atoms with E-state index in [4.69, 9.17) is 0 Å². The number of tetrazole rings is 1. The Bertz CT molecular complexity index is 478. The van der Waals surface area contributed by atoms with Gasteiger partial charge in [0.05, 0.1) is 5.69 Å². The summed E-state index contributed by atoms with van der Waals surface area (Å²) in [6.07, 6.45) is 1.17. The molecular formula is C11H13N5S. The van der Waals surface area contributed by atoms with Crippen LogP contribution in [-0.2, 0) is 0 Å². The average Bonchev–Trinajstić information content (AvgIpc) is 3.02. The molecule has 0 aliphatic carbocycles. The van der Waals surface area contributed by atoms with Crippen molar-refractivity contribution >= 4 is 11.8 Å². The van der Waals surface area contributed by atoms with E-state index in [-0.39, 0.29) is 0 Å². The maximum Gasteiger partial charge on any atom is 0.214 e. The zero-order valence-corrected chi connectivity index (χ0v) is 10.1. The SMILES string of the molecule is c1ccc(-n2nnnc2S[C@@H]2CCNC2)cc1. The van der Waals surface area contributed by atoms with Crippen LogP contribution in [-0.4, -0.2) is 38.5 Å². The van der Waals surface area contributed by atoms with E-state index in [1.807, 2.05) is 30.3 Å². The molecule has 0 bridgehead atoms. The molecule has 1 atom stereocenters. The normalized spacial score (nSPS) is 19.6. The fraction of sp³-hybridized carbons (Fsp3) is 0.364. The first-order chi connectivity index (χ1) is 8.43. The quantitative estimate of drug-likeness (QED) is 0.880. The number of hydrogen-bond acceptors (Lipinski definition) is 5. The van der Waals surface area contributed by atoms with Crippen molar-refractivity contribution in [2.24, 2.45) is 0 Å². The minimum Gasteiger partial charge on any atom is -0.316 e. The summed E-state index contributed by atoms with van der Waals surface area (Å²) in [7, 11) is 0. The van der Waals surface area contributed by atoms with Crippen molar-refractivity contribution in [3.05, 3.63) is 30.3 Å². The molecule has 2 aromatic rings. The Hall–Kier alpha value is -1.40. The van der Waals surface area contributed by atoms with Crippen LogP contribution in [0.5, 0.6) is 0 Å². The number of thioether (sulfide) groups is 1. The summed E-state index contributed by atoms with van der Waals surface area (Å²) in [5.74, 6) is 0. The minimum atomic E-state index is 0.573. The molecule has 1 aliphatic rings. The highest BCUT2D eigenvalue weighted by Crippen LogP contribution is 2.26. The van der Waals surface area contributed by atoms with Gasteiger partial charge in [0, 0.05) is 11.8 Å². The Kier molecular flexibility index (Phi) is 3.06. The van der Waals surface area contributed by atoms with Crippen LogP contribution < -0.4 is 5.32 Å². The van der Waals surface area contributed by atoms with Crippen LogP contribution >= 0.6 is 11.8 Å². The molecule has 17 heavy (non-hydrogen) atoms. The van der Waals surface area contributed by atoms with E-state index < -0.39 is 0 Å². The molecule has 0 unspecified atom stereocenters. The number of hydrogen-bond donors (Lipinski definition) is 1. The van der Waals surface area contributed by atoms with Gasteiger partial charge >= 0.3 is 0 Å². The van der Waals surface area contributed by atoms with Crippen molar-refractivity contribution in [1.82, 2.24) is 25.5 Å². The van der Waals surface area contributed by atoms with Gasteiger partial charge in [-0.1, -0.05) is 30.0 Å². The number of aromatic nitrogens is 4. The van der Waals surface area contributed by atoms with Crippen molar-refractivity contribution in [2.45, 2.75) is 16.8 Å². The molecule has 0 spiro atoms. The zero-order chi connectivity index (χ0) is 11.5. The van der Waals surface area contributed by atoms with Gasteiger partial charge in [-0.15, -0.1) is 5.10 Å². The summed E-state index contributed by atoms with van der Waals surface area (Å²) in [5.41, 5.74) is 1.01. The maximum atomic E-state index is 4.09. The second-order valence-electron chi connectivity index (χ2n) is 3.94. The standard InChI is InChI=1S/C11H13N5S/c1-2-4-9(5-3-1)16-11(13-14-15-16)17-10-6-7-12-8-10/h1-5,10,12H,6-8H2/t10-/m1/s1. The highest BCUT2D eigenvalue weighted by molar-refractivity contribution is 7.99. The summed E-state index contributed by atoms with van der Waals surface area (Å²) in [5, 5.41) is 16.7. The fourth-order valence-corrected chi connectivity index (χ4v) is 2.92. The third kappa shape index (κ3) is 2.32. The summed E-state index contributed by atoms with van der Waals surface area (Å²) >= 11 is 1.74. The zero-order valence-electron chi connectivity index (χ0n) is 9.28. The van der Waals surface area contributed by atoms with Crippen LogP contribution in [0, 0.1) is 0 Å². The molecule has 88 valence electrons. The summed E-state index contributed by atoms with van der Waals surface area (Å²) in [6.45, 7) is 2.12. The number of para-hydroxylation sites is 1. The molecule has 3 rings (SSSR count). The monoisotopic (exact) mass is 247 g/mol. The van der Waals surface area contributed by atoms with Gasteiger partial charge in [0.25, 0.3) is 0 Å². The number of nitrogens with one attached hydrogen (secondary N) is 1. The molecule has 6 heteroatoms. The van der Waals surface area contributed by atoms with E-state index in [0.29, 0.717) is 5.25 Å². The summed E-state index contributed by atoms with van der Waals surface area (Å²) in [4.78, 5) is 0. The van der Waals surface area contributed by atoms with Crippen LogP contribution in [0.1, 0.15) is 6.42 Å². The first kappa shape index (κ1) is 10.7. The molecule has 0 amide bonds. The third-order valence-electron chi connectivity index (χ3n) is 2.73. The number of rotatable bonds is 3. The lowest BCUT2D eigenvalue weighted by molar-refractivity contribution is 0.754. The Balaban J connectivity index is 1.84. The maximum absolute atomic E-state index is 4.09. The Morgan fingerprint density at radius 2 is 2.18 bits per heavy atom. The van der Waals surface area contributed by atoms with E-state index in [1.165, 1.54) is 6.42 Å². The summed E-state index contributed by atoms with van der Waals surface area (Å²) < 4.78 is 1.79. The highest BCUT2D eigenvalue weighted by Gasteiger charge is 2.19. The van der Waals surface area contributed by atoms with Crippen molar-refractivity contribution in [2.75, 3.05) is 13.1 Å². The number of benzene rings is 1. The van der Waals surface area contributed by atoms with Crippen LogP contribution in [0.15, 0.2) is 35.5 Å². The molecule has 1 aromatic heterocycles. The molecule has 1 aromatic carbocycles. The van der Waals surface area contributed by atoms with Crippen molar-refractivity contribution in [1.29, 1.82) is 0 Å². The molecule has 0 radical (unpaired) electrons. The van der Waals surface area contributed by atoms with E-state index in [0.717, 1.165) is 23.9 Å². The van der Waals surface area contributed by atoms with Crippen LogP contribution in [0.4, 0.5) is 0 Å². The molecule has 1 fully saturated rings. The lowest BCUT2D eigenvalue weighted by Crippen LogP contribution is -2.11. The topological polar surface area (TPSA) is 55.6 Å². The smallest absolute Gasteiger partial charge is 0.214 e. The second kappa shape index (κ2) is 4.85. The van der Waals surface area contributed by atoms with Gasteiger partial charge in [-0.2, -0.15) is 4.68 Å². The van der Waals surface area contributed by atoms with Crippen LogP contribution in [0.2, 0.25) is 0 Å². The first-order valence-corrected chi connectivity index (χ1v) is 6.52. The number of nitrogens with zero attached hydrogens (tertiary/aromatic N) is 4. The summed E-state index contributed by atoms with van der Waals surface area (Å²) in [6, 6.07) is 9.98. The predicted molar refractivity (Wildman–Crippen MR) is 66.3 cm³/mol. The van der Waals surface area contributed by atoms with Crippen molar-refractivity contribution in [3.8, 4) is 5.69 Å². The predicted octanol–water partition coefficient (Wildman–Crippen LogP) is 1.12. The molecule has 2 heterocycles. The molecule has 0 saturated carbocycles. The Labute approximate surface area is 104 Å². The molecule has 1 aliphatic heterocycles. The van der Waals surface area contributed by atoms with Crippen LogP contribution in [0.25, 0.3) is 5.69 Å². The van der Waals surface area contributed by atoms with Crippen LogP contribution in [0.3, 0.4) is 0 Å². The fourth-order valence-electron chi connectivity index (χ4n) is 1.86. The van der Waals surface area contributed by atoms with Gasteiger partial charge in [0.15, 0.2) is 0 Å². The molecule has 1 saturated heterocycles. The van der Waals surface area contributed by atoms with E-state index >= 15 is 0 Å². The van der Waals surface area contributed by atoms with E-state index in [2.05, 4.69) is 20.8 Å². The van der Waals surface area contributed by atoms with Gasteiger partial charge < -0.3 is 5.32 Å². The van der Waals surface area contributed by atoms with Gasteiger partial charge in [0.2, 0.25) is 5.16 Å². The lowest BCUT2D eigenvalue weighted by atomic mass is 10.3.